The van der Waals surface area contributed by atoms with Gasteiger partial charge < -0.3 is 4.74 Å². The largest absolute Gasteiger partial charge is 0.376 e. The van der Waals surface area contributed by atoms with Gasteiger partial charge in [0.1, 0.15) is 0 Å². The number of ether oxygens (including phenoxy) is 1. The number of hydrogen-bond donors (Lipinski definition) is 0. The van der Waals surface area contributed by atoms with Gasteiger partial charge in [0.05, 0.1) is 18.9 Å². The van der Waals surface area contributed by atoms with Crippen LogP contribution >= 0.6 is 0 Å². The summed E-state index contributed by atoms with van der Waals surface area (Å²) in [6, 6.07) is 10.7. The second kappa shape index (κ2) is 8.45. The van der Waals surface area contributed by atoms with Crippen molar-refractivity contribution in [2.75, 3.05) is 19.7 Å². The average Bonchev–Trinajstić information content (AvgIpc) is 2.96. The monoisotopic (exact) mass is 327 g/mol. The highest BCUT2D eigenvalue weighted by atomic mass is 16.5. The minimum atomic E-state index is 0.365. The zero-order chi connectivity index (χ0) is 16.8. The van der Waals surface area contributed by atoms with E-state index in [1.54, 1.807) is 0 Å². The molecular weight excluding hydrogens is 298 g/mol. The fourth-order valence-corrected chi connectivity index (χ4v) is 3.48. The molecule has 0 saturated carbocycles. The smallest absolute Gasteiger partial charge is 0.0702 e. The molecule has 0 radical (unpaired) electrons. The van der Waals surface area contributed by atoms with Crippen LogP contribution in [-0.2, 0) is 24.2 Å². The second-order valence-electron chi connectivity index (χ2n) is 6.68. The summed E-state index contributed by atoms with van der Waals surface area (Å²) >= 11 is 0. The van der Waals surface area contributed by atoms with Gasteiger partial charge in [0.25, 0.3) is 0 Å². The molecule has 0 spiro atoms. The van der Waals surface area contributed by atoms with E-state index < -0.39 is 0 Å². The van der Waals surface area contributed by atoms with Crippen molar-refractivity contribution in [1.82, 2.24) is 14.7 Å². The number of morpholine rings is 1. The van der Waals surface area contributed by atoms with E-state index in [0.717, 1.165) is 45.6 Å². The third-order valence-electron chi connectivity index (χ3n) is 4.96. The highest BCUT2D eigenvalue weighted by molar-refractivity contribution is 5.16. The summed E-state index contributed by atoms with van der Waals surface area (Å²) in [4.78, 5) is 2.51. The van der Waals surface area contributed by atoms with Crippen molar-refractivity contribution in [3.05, 3.63) is 53.3 Å². The molecule has 1 aromatic heterocycles. The number of benzene rings is 1. The average molecular weight is 327 g/mol. The van der Waals surface area contributed by atoms with Gasteiger partial charge in [0, 0.05) is 37.4 Å². The van der Waals surface area contributed by atoms with Crippen LogP contribution in [0.2, 0.25) is 0 Å². The zero-order valence-electron chi connectivity index (χ0n) is 14.9. The van der Waals surface area contributed by atoms with E-state index in [2.05, 4.69) is 58.9 Å². The molecule has 2 heterocycles. The van der Waals surface area contributed by atoms with Crippen LogP contribution in [0.4, 0.5) is 0 Å². The lowest BCUT2D eigenvalue weighted by Crippen LogP contribution is -2.42. The molecule has 3 rings (SSSR count). The van der Waals surface area contributed by atoms with Crippen LogP contribution in [0.5, 0.6) is 0 Å². The van der Waals surface area contributed by atoms with E-state index >= 15 is 0 Å². The van der Waals surface area contributed by atoms with E-state index in [-0.39, 0.29) is 0 Å². The van der Waals surface area contributed by atoms with E-state index in [9.17, 15) is 0 Å². The number of nitrogens with zero attached hydrogens (tertiary/aromatic N) is 3. The van der Waals surface area contributed by atoms with E-state index in [0.29, 0.717) is 6.10 Å². The molecule has 1 unspecified atom stereocenters. The predicted molar refractivity (Wildman–Crippen MR) is 97.0 cm³/mol. The number of aromatic nitrogens is 2. The number of rotatable bonds is 7. The minimum Gasteiger partial charge on any atom is -0.376 e. The molecule has 2 aromatic rings. The molecule has 1 aliphatic heterocycles. The molecule has 1 aliphatic rings. The van der Waals surface area contributed by atoms with Gasteiger partial charge in [-0.25, -0.2) is 0 Å². The van der Waals surface area contributed by atoms with Crippen molar-refractivity contribution >= 4 is 0 Å². The van der Waals surface area contributed by atoms with Crippen LogP contribution in [0.15, 0.2) is 36.5 Å². The van der Waals surface area contributed by atoms with Crippen LogP contribution < -0.4 is 0 Å². The molecule has 1 aromatic carbocycles. The highest BCUT2D eigenvalue weighted by Gasteiger charge is 2.21. The molecule has 4 heteroatoms. The Morgan fingerprint density at radius 3 is 2.83 bits per heavy atom. The van der Waals surface area contributed by atoms with Gasteiger partial charge in [0.15, 0.2) is 0 Å². The number of aryl methyl sites for hydroxylation is 2. The topological polar surface area (TPSA) is 30.3 Å². The summed E-state index contributed by atoms with van der Waals surface area (Å²) in [5.74, 6) is 0. The Morgan fingerprint density at radius 2 is 2.08 bits per heavy atom. The molecule has 0 N–H and O–H groups in total. The lowest BCUT2D eigenvalue weighted by atomic mass is 10.0. The summed E-state index contributed by atoms with van der Waals surface area (Å²) in [7, 11) is 0. The second-order valence-corrected chi connectivity index (χ2v) is 6.68. The van der Waals surface area contributed by atoms with Crippen molar-refractivity contribution in [3.63, 3.8) is 0 Å². The SMILES string of the molecule is CCn1ncc(CN2CCOC(CCCc3ccccc3)C2)c1C. The van der Waals surface area contributed by atoms with E-state index in [1.807, 2.05) is 6.20 Å². The van der Waals surface area contributed by atoms with E-state index in [1.165, 1.54) is 23.2 Å². The minimum absolute atomic E-state index is 0.365. The molecule has 0 aliphatic carbocycles. The maximum atomic E-state index is 5.98. The van der Waals surface area contributed by atoms with Crippen LogP contribution in [0.1, 0.15) is 36.6 Å². The van der Waals surface area contributed by atoms with Crippen molar-refractivity contribution in [3.8, 4) is 0 Å². The molecular formula is C20H29N3O. The third kappa shape index (κ3) is 4.46. The standard InChI is InChI=1S/C20H29N3O/c1-3-23-17(2)19(14-21-23)15-22-12-13-24-20(16-22)11-7-10-18-8-5-4-6-9-18/h4-6,8-9,14,20H,3,7,10-13,15-16H2,1-2H3. The van der Waals surface area contributed by atoms with Crippen LogP contribution in [-0.4, -0.2) is 40.5 Å². The lowest BCUT2D eigenvalue weighted by Gasteiger charge is -2.33. The first-order valence-corrected chi connectivity index (χ1v) is 9.15. The van der Waals surface area contributed by atoms with Crippen molar-refractivity contribution < 1.29 is 4.74 Å². The molecule has 130 valence electrons. The number of hydrogen-bond acceptors (Lipinski definition) is 3. The van der Waals surface area contributed by atoms with Gasteiger partial charge in [-0.3, -0.25) is 9.58 Å². The van der Waals surface area contributed by atoms with Gasteiger partial charge in [0.2, 0.25) is 0 Å². The lowest BCUT2D eigenvalue weighted by molar-refractivity contribution is -0.0355. The normalized spacial score (nSPS) is 18.8. The fourth-order valence-electron chi connectivity index (χ4n) is 3.48. The Kier molecular flexibility index (Phi) is 6.05. The Bertz CT molecular complexity index is 623. The maximum Gasteiger partial charge on any atom is 0.0702 e. The third-order valence-corrected chi connectivity index (χ3v) is 4.96. The molecule has 24 heavy (non-hydrogen) atoms. The van der Waals surface area contributed by atoms with Gasteiger partial charge in [-0.2, -0.15) is 5.10 Å². The summed E-state index contributed by atoms with van der Waals surface area (Å²) < 4.78 is 8.05. The predicted octanol–water partition coefficient (Wildman–Crippen LogP) is 3.44. The van der Waals surface area contributed by atoms with Crippen LogP contribution in [0, 0.1) is 6.92 Å². The molecule has 0 amide bonds. The quantitative estimate of drug-likeness (QED) is 0.780. The van der Waals surface area contributed by atoms with Crippen molar-refractivity contribution in [1.29, 1.82) is 0 Å². The van der Waals surface area contributed by atoms with Crippen molar-refractivity contribution in [2.24, 2.45) is 0 Å². The maximum absolute atomic E-state index is 5.98. The molecule has 0 bridgehead atoms. The summed E-state index contributed by atoms with van der Waals surface area (Å²) in [5.41, 5.74) is 4.07. The van der Waals surface area contributed by atoms with E-state index in [4.69, 9.17) is 4.74 Å². The van der Waals surface area contributed by atoms with Crippen LogP contribution in [0.3, 0.4) is 0 Å². The summed E-state index contributed by atoms with van der Waals surface area (Å²) in [5, 5.41) is 4.46. The van der Waals surface area contributed by atoms with Gasteiger partial charge in [-0.1, -0.05) is 30.3 Å². The first kappa shape index (κ1) is 17.2. The summed E-state index contributed by atoms with van der Waals surface area (Å²) in [6.45, 7) is 9.14. The summed E-state index contributed by atoms with van der Waals surface area (Å²) in [6.07, 6.45) is 5.86. The van der Waals surface area contributed by atoms with Gasteiger partial charge >= 0.3 is 0 Å². The Balaban J connectivity index is 1.46. The van der Waals surface area contributed by atoms with Gasteiger partial charge in [-0.15, -0.1) is 0 Å². The Morgan fingerprint density at radius 1 is 1.25 bits per heavy atom. The van der Waals surface area contributed by atoms with Gasteiger partial charge in [-0.05, 0) is 38.7 Å². The zero-order valence-corrected chi connectivity index (χ0v) is 14.9. The first-order chi connectivity index (χ1) is 11.8. The fraction of sp³-hybridized carbons (Fsp3) is 0.550. The highest BCUT2D eigenvalue weighted by Crippen LogP contribution is 2.17. The Labute approximate surface area is 145 Å². The molecule has 1 atom stereocenters. The molecule has 1 saturated heterocycles. The molecule has 4 nitrogen and oxygen atoms in total. The van der Waals surface area contributed by atoms with Crippen molar-refractivity contribution in [2.45, 2.75) is 52.3 Å². The first-order valence-electron chi connectivity index (χ1n) is 9.15. The van der Waals surface area contributed by atoms with Crippen LogP contribution in [0.25, 0.3) is 0 Å². The molecule has 1 fully saturated rings. The Hall–Kier alpha value is -1.65.